The van der Waals surface area contributed by atoms with Gasteiger partial charge in [-0.05, 0) is 24.3 Å². The highest BCUT2D eigenvalue weighted by Gasteiger charge is 2.31. The fraction of sp³-hybridized carbons (Fsp3) is 0.300. The van der Waals surface area contributed by atoms with Crippen molar-refractivity contribution in [2.24, 2.45) is 0 Å². The van der Waals surface area contributed by atoms with E-state index in [1.165, 1.54) is 0 Å². The maximum atomic E-state index is 12.7. The number of aromatic nitrogens is 1. The van der Waals surface area contributed by atoms with Gasteiger partial charge in [0.15, 0.2) is 0 Å². The topological polar surface area (TPSA) is 94.6 Å². The number of carbonyl (C=O) groups is 3. The summed E-state index contributed by atoms with van der Waals surface area (Å²) in [4.78, 5) is 45.7. The van der Waals surface area contributed by atoms with Gasteiger partial charge in [0.2, 0.25) is 11.8 Å². The van der Waals surface area contributed by atoms with E-state index in [1.54, 1.807) is 35.4 Å². The minimum atomic E-state index is -0.888. The van der Waals surface area contributed by atoms with Crippen molar-refractivity contribution in [3.05, 3.63) is 54.2 Å². The highest BCUT2D eigenvalue weighted by molar-refractivity contribution is 6.10. The van der Waals surface area contributed by atoms with Crippen molar-refractivity contribution in [1.82, 2.24) is 15.2 Å². The summed E-state index contributed by atoms with van der Waals surface area (Å²) in [5.41, 5.74) is 0.860. The molecular weight excluding hydrogens is 358 g/mol. The summed E-state index contributed by atoms with van der Waals surface area (Å²) in [5, 5.41) is 5.40. The molecule has 8 nitrogen and oxygen atoms in total. The number of hydrogen-bond acceptors (Lipinski definition) is 5. The first-order chi connectivity index (χ1) is 13.6. The summed E-state index contributed by atoms with van der Waals surface area (Å²) in [6.45, 7) is 2.46. The Morgan fingerprint density at radius 1 is 1.04 bits per heavy atom. The molecule has 1 aromatic carbocycles. The molecule has 1 aromatic heterocycles. The van der Waals surface area contributed by atoms with Gasteiger partial charge in [0.25, 0.3) is 5.91 Å². The van der Waals surface area contributed by atoms with Gasteiger partial charge in [-0.25, -0.2) is 4.98 Å². The second-order valence-corrected chi connectivity index (χ2v) is 6.82. The number of nitrogens with zero attached hydrogens (tertiary/aromatic N) is 3. The van der Waals surface area contributed by atoms with Gasteiger partial charge in [-0.3, -0.25) is 14.4 Å². The van der Waals surface area contributed by atoms with Gasteiger partial charge in [-0.1, -0.05) is 18.2 Å². The van der Waals surface area contributed by atoms with Gasteiger partial charge in [-0.15, -0.1) is 0 Å². The molecular formula is C20H21N5O3. The average molecular weight is 379 g/mol. The first kappa shape index (κ1) is 18.0. The Morgan fingerprint density at radius 2 is 1.79 bits per heavy atom. The van der Waals surface area contributed by atoms with E-state index in [-0.39, 0.29) is 24.1 Å². The lowest BCUT2D eigenvalue weighted by Gasteiger charge is -2.35. The monoisotopic (exact) mass is 379 g/mol. The molecule has 0 bridgehead atoms. The lowest BCUT2D eigenvalue weighted by Crippen LogP contribution is -2.51. The molecule has 2 N–H and O–H groups in total. The van der Waals surface area contributed by atoms with Crippen LogP contribution in [0.5, 0.6) is 0 Å². The van der Waals surface area contributed by atoms with Crippen LogP contribution >= 0.6 is 0 Å². The highest BCUT2D eigenvalue weighted by atomic mass is 16.2. The summed E-state index contributed by atoms with van der Waals surface area (Å²) in [6, 6.07) is 11.7. The second kappa shape index (κ2) is 7.67. The SMILES string of the molecule is O=C1NC(CC(=O)N2CCN(c3ccccn3)CC2)C(=O)Nc2ccccc21. The van der Waals surface area contributed by atoms with Gasteiger partial charge >= 0.3 is 0 Å². The van der Waals surface area contributed by atoms with E-state index < -0.39 is 6.04 Å². The van der Waals surface area contributed by atoms with E-state index in [1.807, 2.05) is 18.2 Å². The summed E-state index contributed by atoms with van der Waals surface area (Å²) in [5.74, 6) is 0.0142. The molecule has 2 aliphatic rings. The Hall–Kier alpha value is -3.42. The van der Waals surface area contributed by atoms with Gasteiger partial charge in [0.05, 0.1) is 17.7 Å². The van der Waals surface area contributed by atoms with E-state index in [0.29, 0.717) is 37.4 Å². The summed E-state index contributed by atoms with van der Waals surface area (Å²) >= 11 is 0. The highest BCUT2D eigenvalue weighted by Crippen LogP contribution is 2.19. The Kier molecular flexibility index (Phi) is 4.92. The number of hydrogen-bond donors (Lipinski definition) is 2. The second-order valence-electron chi connectivity index (χ2n) is 6.82. The van der Waals surface area contributed by atoms with Crippen molar-refractivity contribution in [2.75, 3.05) is 36.4 Å². The van der Waals surface area contributed by atoms with Gasteiger partial charge in [0, 0.05) is 32.4 Å². The molecule has 144 valence electrons. The lowest BCUT2D eigenvalue weighted by atomic mass is 10.1. The molecule has 1 atom stereocenters. The fourth-order valence-electron chi connectivity index (χ4n) is 3.48. The van der Waals surface area contributed by atoms with Crippen molar-refractivity contribution in [3.63, 3.8) is 0 Å². The zero-order valence-corrected chi connectivity index (χ0v) is 15.3. The molecule has 1 fully saturated rings. The van der Waals surface area contributed by atoms with E-state index in [4.69, 9.17) is 0 Å². The van der Waals surface area contributed by atoms with E-state index in [9.17, 15) is 14.4 Å². The van der Waals surface area contributed by atoms with Crippen LogP contribution in [0.15, 0.2) is 48.7 Å². The van der Waals surface area contributed by atoms with Crippen molar-refractivity contribution >= 4 is 29.2 Å². The number of piperazine rings is 1. The van der Waals surface area contributed by atoms with Gasteiger partial charge < -0.3 is 20.4 Å². The molecule has 2 aliphatic heterocycles. The molecule has 1 unspecified atom stereocenters. The summed E-state index contributed by atoms with van der Waals surface area (Å²) < 4.78 is 0. The number of carbonyl (C=O) groups excluding carboxylic acids is 3. The molecule has 0 saturated carbocycles. The molecule has 3 heterocycles. The number of rotatable bonds is 3. The van der Waals surface area contributed by atoms with Crippen LogP contribution in [0.4, 0.5) is 11.5 Å². The number of pyridine rings is 1. The van der Waals surface area contributed by atoms with E-state index in [2.05, 4.69) is 20.5 Å². The van der Waals surface area contributed by atoms with Gasteiger partial charge in [0.1, 0.15) is 11.9 Å². The average Bonchev–Trinajstić information content (AvgIpc) is 2.85. The number of para-hydroxylation sites is 1. The fourth-order valence-corrected chi connectivity index (χ4v) is 3.48. The maximum Gasteiger partial charge on any atom is 0.254 e. The molecule has 0 radical (unpaired) electrons. The van der Waals surface area contributed by atoms with Crippen LogP contribution < -0.4 is 15.5 Å². The minimum absolute atomic E-state index is 0.0604. The molecule has 0 aliphatic carbocycles. The zero-order chi connectivity index (χ0) is 19.5. The van der Waals surface area contributed by atoms with Crippen molar-refractivity contribution < 1.29 is 14.4 Å². The largest absolute Gasteiger partial charge is 0.353 e. The molecule has 4 rings (SSSR count). The smallest absolute Gasteiger partial charge is 0.254 e. The first-order valence-corrected chi connectivity index (χ1v) is 9.26. The first-order valence-electron chi connectivity index (χ1n) is 9.26. The predicted molar refractivity (Wildman–Crippen MR) is 104 cm³/mol. The Balaban J connectivity index is 1.37. The van der Waals surface area contributed by atoms with Crippen LogP contribution in [0, 0.1) is 0 Å². The lowest BCUT2D eigenvalue weighted by molar-refractivity contribution is -0.134. The predicted octanol–water partition coefficient (Wildman–Crippen LogP) is 0.871. The Bertz CT molecular complexity index is 894. The zero-order valence-electron chi connectivity index (χ0n) is 15.3. The standard InChI is InChI=1S/C20H21N5O3/c26-18(25-11-9-24(10-12-25)17-7-3-4-8-21-17)13-16-20(28)22-15-6-2-1-5-14(15)19(27)23-16/h1-8,16H,9-13H2,(H,22,28)(H,23,27). The van der Waals surface area contributed by atoms with Crippen LogP contribution in [0.2, 0.25) is 0 Å². The quantitative estimate of drug-likeness (QED) is 0.825. The molecule has 0 spiro atoms. The van der Waals surface area contributed by atoms with Crippen molar-refractivity contribution in [3.8, 4) is 0 Å². The van der Waals surface area contributed by atoms with Crippen LogP contribution in [0.1, 0.15) is 16.8 Å². The summed E-state index contributed by atoms with van der Waals surface area (Å²) in [6.07, 6.45) is 1.69. The maximum absolute atomic E-state index is 12.7. The Labute approximate surface area is 162 Å². The third kappa shape index (κ3) is 3.66. The number of nitrogens with one attached hydrogen (secondary N) is 2. The molecule has 1 saturated heterocycles. The molecule has 3 amide bonds. The number of anilines is 2. The molecule has 28 heavy (non-hydrogen) atoms. The van der Waals surface area contributed by atoms with Crippen molar-refractivity contribution in [1.29, 1.82) is 0 Å². The third-order valence-electron chi connectivity index (χ3n) is 5.04. The number of amides is 3. The van der Waals surface area contributed by atoms with Crippen LogP contribution in [-0.2, 0) is 9.59 Å². The number of fused-ring (bicyclic) bond motifs is 1. The number of benzene rings is 1. The normalized spacial score (nSPS) is 19.4. The van der Waals surface area contributed by atoms with Crippen LogP contribution in [0.25, 0.3) is 0 Å². The van der Waals surface area contributed by atoms with Crippen molar-refractivity contribution in [2.45, 2.75) is 12.5 Å². The molecule has 8 heteroatoms. The molecule has 2 aromatic rings. The van der Waals surface area contributed by atoms with Gasteiger partial charge in [-0.2, -0.15) is 0 Å². The summed E-state index contributed by atoms with van der Waals surface area (Å²) in [7, 11) is 0. The minimum Gasteiger partial charge on any atom is -0.353 e. The Morgan fingerprint density at radius 3 is 2.54 bits per heavy atom. The van der Waals surface area contributed by atoms with E-state index in [0.717, 1.165) is 5.82 Å². The van der Waals surface area contributed by atoms with Crippen LogP contribution in [-0.4, -0.2) is 59.8 Å². The van der Waals surface area contributed by atoms with Crippen LogP contribution in [0.3, 0.4) is 0 Å². The third-order valence-corrected chi connectivity index (χ3v) is 5.04. The van der Waals surface area contributed by atoms with E-state index >= 15 is 0 Å².